The van der Waals surface area contributed by atoms with Crippen LogP contribution in [0, 0.1) is 0 Å². The number of pyridine rings is 1. The van der Waals surface area contributed by atoms with Crippen LogP contribution in [-0.2, 0) is 11.3 Å². The minimum Gasteiger partial charge on any atom is -0.377 e. The summed E-state index contributed by atoms with van der Waals surface area (Å²) in [6.07, 6.45) is 5.32. The average Bonchev–Trinajstić information content (AvgIpc) is 2.48. The zero-order valence-corrected chi connectivity index (χ0v) is 13.0. The van der Waals surface area contributed by atoms with Gasteiger partial charge in [-0.15, -0.1) is 0 Å². The lowest BCUT2D eigenvalue weighted by Gasteiger charge is -2.40. The van der Waals surface area contributed by atoms with Crippen LogP contribution < -0.4 is 10.2 Å². The molecule has 1 unspecified atom stereocenters. The molecular formula is C16H27N3O. The molecule has 1 aromatic rings. The van der Waals surface area contributed by atoms with E-state index in [9.17, 15) is 0 Å². The van der Waals surface area contributed by atoms with Crippen LogP contribution in [-0.4, -0.2) is 37.3 Å². The van der Waals surface area contributed by atoms with E-state index < -0.39 is 0 Å². The van der Waals surface area contributed by atoms with Crippen molar-refractivity contribution in [3.8, 4) is 0 Å². The molecule has 0 bridgehead atoms. The van der Waals surface area contributed by atoms with E-state index in [2.05, 4.69) is 35.1 Å². The fourth-order valence-electron chi connectivity index (χ4n) is 2.81. The van der Waals surface area contributed by atoms with Gasteiger partial charge in [0.25, 0.3) is 0 Å². The molecule has 4 nitrogen and oxygen atoms in total. The van der Waals surface area contributed by atoms with Gasteiger partial charge in [0.2, 0.25) is 0 Å². The number of piperidine rings is 1. The molecule has 1 aliphatic rings. The maximum Gasteiger partial charge on any atom is 0.133 e. The van der Waals surface area contributed by atoms with Gasteiger partial charge >= 0.3 is 0 Å². The molecule has 1 saturated heterocycles. The van der Waals surface area contributed by atoms with Crippen LogP contribution in [0.4, 0.5) is 5.82 Å². The molecule has 2 heterocycles. The Morgan fingerprint density at radius 2 is 2.35 bits per heavy atom. The molecular weight excluding hydrogens is 250 g/mol. The number of methoxy groups -OCH3 is 1. The summed E-state index contributed by atoms with van der Waals surface area (Å²) >= 11 is 0. The fraction of sp³-hybridized carbons (Fsp3) is 0.688. The van der Waals surface area contributed by atoms with Crippen molar-refractivity contribution in [2.75, 3.05) is 31.6 Å². The van der Waals surface area contributed by atoms with Gasteiger partial charge in [-0.25, -0.2) is 4.98 Å². The first kappa shape index (κ1) is 15.3. The highest BCUT2D eigenvalue weighted by molar-refractivity contribution is 5.47. The SMILES string of the molecule is CCCNCc1cccnc1N1CCCC(C)(OC)C1. The Morgan fingerprint density at radius 3 is 3.10 bits per heavy atom. The molecule has 0 amide bonds. The largest absolute Gasteiger partial charge is 0.377 e. The third-order valence-corrected chi connectivity index (χ3v) is 4.06. The summed E-state index contributed by atoms with van der Waals surface area (Å²) in [4.78, 5) is 6.98. The predicted octanol–water partition coefficient (Wildman–Crippen LogP) is 2.59. The van der Waals surface area contributed by atoms with Gasteiger partial charge in [-0.05, 0) is 38.8 Å². The molecule has 0 aromatic carbocycles. The van der Waals surface area contributed by atoms with Gasteiger partial charge in [0.1, 0.15) is 5.82 Å². The van der Waals surface area contributed by atoms with Crippen LogP contribution in [0.15, 0.2) is 18.3 Å². The number of hydrogen-bond acceptors (Lipinski definition) is 4. The van der Waals surface area contributed by atoms with E-state index in [0.29, 0.717) is 0 Å². The van der Waals surface area contributed by atoms with Crippen LogP contribution in [0.5, 0.6) is 0 Å². The molecule has 1 aliphatic heterocycles. The van der Waals surface area contributed by atoms with Gasteiger partial charge < -0.3 is 15.0 Å². The van der Waals surface area contributed by atoms with Crippen molar-refractivity contribution in [1.82, 2.24) is 10.3 Å². The Hall–Kier alpha value is -1.13. The Balaban J connectivity index is 2.11. The summed E-state index contributed by atoms with van der Waals surface area (Å²) in [6, 6.07) is 4.19. The van der Waals surface area contributed by atoms with Crippen molar-refractivity contribution in [2.45, 2.75) is 45.3 Å². The number of ether oxygens (including phenoxy) is 1. The van der Waals surface area contributed by atoms with Crippen molar-refractivity contribution < 1.29 is 4.74 Å². The molecule has 0 spiro atoms. The van der Waals surface area contributed by atoms with Gasteiger partial charge in [0.15, 0.2) is 0 Å². The number of nitrogens with zero attached hydrogens (tertiary/aromatic N) is 2. The standard InChI is InChI=1S/C16H27N3O/c1-4-9-17-12-14-7-5-10-18-15(14)19-11-6-8-16(2,13-19)20-3/h5,7,10,17H,4,6,8-9,11-13H2,1-3H3. The number of rotatable bonds is 6. The number of nitrogens with one attached hydrogen (secondary N) is 1. The summed E-state index contributed by atoms with van der Waals surface area (Å²) in [7, 11) is 1.81. The minimum atomic E-state index is -0.0517. The first-order chi connectivity index (χ1) is 9.68. The summed E-state index contributed by atoms with van der Waals surface area (Å²) in [5.74, 6) is 1.11. The Morgan fingerprint density at radius 1 is 1.50 bits per heavy atom. The maximum absolute atomic E-state index is 5.68. The van der Waals surface area contributed by atoms with Crippen LogP contribution in [0.3, 0.4) is 0 Å². The van der Waals surface area contributed by atoms with Crippen molar-refractivity contribution in [3.63, 3.8) is 0 Å². The molecule has 1 N–H and O–H groups in total. The number of anilines is 1. The molecule has 0 aliphatic carbocycles. The fourth-order valence-corrected chi connectivity index (χ4v) is 2.81. The highest BCUT2D eigenvalue weighted by Gasteiger charge is 2.31. The van der Waals surface area contributed by atoms with Crippen molar-refractivity contribution in [3.05, 3.63) is 23.9 Å². The van der Waals surface area contributed by atoms with E-state index in [-0.39, 0.29) is 5.60 Å². The Kier molecular flexibility index (Phi) is 5.38. The van der Waals surface area contributed by atoms with Crippen LogP contribution in [0.25, 0.3) is 0 Å². The van der Waals surface area contributed by atoms with Crippen molar-refractivity contribution >= 4 is 5.82 Å². The van der Waals surface area contributed by atoms with E-state index >= 15 is 0 Å². The zero-order chi connectivity index (χ0) is 14.4. The van der Waals surface area contributed by atoms with Gasteiger partial charge in [-0.3, -0.25) is 0 Å². The lowest BCUT2D eigenvalue weighted by molar-refractivity contribution is -0.00484. The van der Waals surface area contributed by atoms with E-state index in [4.69, 9.17) is 4.74 Å². The minimum absolute atomic E-state index is 0.0517. The first-order valence-electron chi connectivity index (χ1n) is 7.63. The quantitative estimate of drug-likeness (QED) is 0.811. The van der Waals surface area contributed by atoms with Crippen LogP contribution in [0.2, 0.25) is 0 Å². The number of hydrogen-bond donors (Lipinski definition) is 1. The highest BCUT2D eigenvalue weighted by atomic mass is 16.5. The van der Waals surface area contributed by atoms with Crippen molar-refractivity contribution in [2.24, 2.45) is 0 Å². The normalized spacial score (nSPS) is 23.1. The molecule has 1 atom stereocenters. The van der Waals surface area contributed by atoms with Crippen LogP contribution >= 0.6 is 0 Å². The first-order valence-corrected chi connectivity index (χ1v) is 7.63. The summed E-state index contributed by atoms with van der Waals surface area (Å²) < 4.78 is 5.68. The van der Waals surface area contributed by atoms with E-state index in [1.54, 1.807) is 0 Å². The third kappa shape index (κ3) is 3.70. The third-order valence-electron chi connectivity index (χ3n) is 4.06. The topological polar surface area (TPSA) is 37.4 Å². The molecule has 1 aromatic heterocycles. The predicted molar refractivity (Wildman–Crippen MR) is 83.1 cm³/mol. The van der Waals surface area contributed by atoms with E-state index in [1.165, 1.54) is 5.56 Å². The second-order valence-electron chi connectivity index (χ2n) is 5.84. The Bertz CT molecular complexity index is 424. The number of aromatic nitrogens is 1. The maximum atomic E-state index is 5.68. The molecule has 0 saturated carbocycles. The van der Waals surface area contributed by atoms with Gasteiger partial charge in [0, 0.05) is 38.5 Å². The summed E-state index contributed by atoms with van der Waals surface area (Å²) in [5, 5.41) is 3.47. The second kappa shape index (κ2) is 7.04. The van der Waals surface area contributed by atoms with Crippen LogP contribution in [0.1, 0.15) is 38.7 Å². The average molecular weight is 277 g/mol. The van der Waals surface area contributed by atoms with Gasteiger partial charge in [-0.2, -0.15) is 0 Å². The monoisotopic (exact) mass is 277 g/mol. The van der Waals surface area contributed by atoms with Gasteiger partial charge in [0.05, 0.1) is 5.60 Å². The Labute approximate surface area is 122 Å². The molecule has 4 heteroatoms. The molecule has 1 fully saturated rings. The zero-order valence-electron chi connectivity index (χ0n) is 13.0. The smallest absolute Gasteiger partial charge is 0.133 e. The molecule has 112 valence electrons. The highest BCUT2D eigenvalue weighted by Crippen LogP contribution is 2.28. The lowest BCUT2D eigenvalue weighted by atomic mass is 9.94. The van der Waals surface area contributed by atoms with E-state index in [0.717, 1.165) is 51.3 Å². The second-order valence-corrected chi connectivity index (χ2v) is 5.84. The van der Waals surface area contributed by atoms with E-state index in [1.807, 2.05) is 19.4 Å². The molecule has 0 radical (unpaired) electrons. The van der Waals surface area contributed by atoms with Gasteiger partial charge in [-0.1, -0.05) is 13.0 Å². The molecule has 20 heavy (non-hydrogen) atoms. The lowest BCUT2D eigenvalue weighted by Crippen LogP contribution is -2.48. The summed E-state index contributed by atoms with van der Waals surface area (Å²) in [6.45, 7) is 8.29. The van der Waals surface area contributed by atoms with Crippen molar-refractivity contribution in [1.29, 1.82) is 0 Å². The molecule has 2 rings (SSSR count). The summed E-state index contributed by atoms with van der Waals surface area (Å²) in [5.41, 5.74) is 1.23.